The number of imidazole rings is 1. The summed E-state index contributed by atoms with van der Waals surface area (Å²) in [5.74, 6) is 0.0881. The summed E-state index contributed by atoms with van der Waals surface area (Å²) in [6.07, 6.45) is 2.68. The van der Waals surface area contributed by atoms with Crippen LogP contribution in [-0.4, -0.2) is 56.5 Å². The van der Waals surface area contributed by atoms with Gasteiger partial charge in [0.1, 0.15) is 5.82 Å². The fourth-order valence-corrected chi connectivity index (χ4v) is 2.67. The predicted molar refractivity (Wildman–Crippen MR) is 83.3 cm³/mol. The van der Waals surface area contributed by atoms with Gasteiger partial charge in [-0.2, -0.15) is 8.78 Å². The summed E-state index contributed by atoms with van der Waals surface area (Å²) >= 11 is 0. The number of amides is 3. The van der Waals surface area contributed by atoms with E-state index in [0.717, 1.165) is 0 Å². The Morgan fingerprint density at radius 3 is 2.71 bits per heavy atom. The maximum absolute atomic E-state index is 12.8. The summed E-state index contributed by atoms with van der Waals surface area (Å²) in [4.78, 5) is 31.1. The van der Waals surface area contributed by atoms with Crippen LogP contribution < -0.4 is 5.32 Å². The van der Waals surface area contributed by atoms with E-state index < -0.39 is 12.6 Å². The van der Waals surface area contributed by atoms with Gasteiger partial charge in [0, 0.05) is 37.9 Å². The zero-order valence-corrected chi connectivity index (χ0v) is 14.3. The minimum atomic E-state index is -2.70. The smallest absolute Gasteiger partial charge is 0.319 e. The van der Waals surface area contributed by atoms with E-state index in [1.807, 2.05) is 20.8 Å². The second kappa shape index (κ2) is 6.74. The standard InChI is InChI=1S/C15H23F2N5O2/c1-15(2,3)22-8-10(7-12(22)23)19-14(24)20(4)9-11-18-5-6-21(11)13(16)17/h5-6,10,13H,7-9H2,1-4H3,(H,19,24)/t10-/m1/s1. The average Bonchev–Trinajstić information content (AvgIpc) is 3.04. The molecule has 1 saturated heterocycles. The van der Waals surface area contributed by atoms with E-state index in [9.17, 15) is 18.4 Å². The number of nitrogens with one attached hydrogen (secondary N) is 1. The van der Waals surface area contributed by atoms with Crippen molar-refractivity contribution in [3.8, 4) is 0 Å². The molecule has 0 bridgehead atoms. The lowest BCUT2D eigenvalue weighted by atomic mass is 10.1. The minimum absolute atomic E-state index is 0.0105. The maximum Gasteiger partial charge on any atom is 0.319 e. The molecule has 1 N–H and O–H groups in total. The van der Waals surface area contributed by atoms with Gasteiger partial charge < -0.3 is 15.1 Å². The summed E-state index contributed by atoms with van der Waals surface area (Å²) in [7, 11) is 1.50. The first-order valence-electron chi connectivity index (χ1n) is 7.71. The number of hydrogen-bond acceptors (Lipinski definition) is 3. The second-order valence-electron chi connectivity index (χ2n) is 6.91. The summed E-state index contributed by atoms with van der Waals surface area (Å²) in [5, 5.41) is 2.77. The van der Waals surface area contributed by atoms with Crippen LogP contribution >= 0.6 is 0 Å². The Morgan fingerprint density at radius 2 is 2.17 bits per heavy atom. The first-order chi connectivity index (χ1) is 11.1. The topological polar surface area (TPSA) is 70.5 Å². The Kier molecular flexibility index (Phi) is 5.10. The highest BCUT2D eigenvalue weighted by Gasteiger charge is 2.37. The molecule has 0 aliphatic carbocycles. The Balaban J connectivity index is 1.93. The number of alkyl halides is 2. The van der Waals surface area contributed by atoms with Crippen molar-refractivity contribution in [2.75, 3.05) is 13.6 Å². The van der Waals surface area contributed by atoms with E-state index >= 15 is 0 Å². The number of nitrogens with zero attached hydrogens (tertiary/aromatic N) is 4. The van der Waals surface area contributed by atoms with Crippen molar-refractivity contribution in [3.05, 3.63) is 18.2 Å². The van der Waals surface area contributed by atoms with E-state index in [1.54, 1.807) is 4.90 Å². The SMILES string of the molecule is CN(Cc1nccn1C(F)F)C(=O)N[C@@H]1CC(=O)N(C(C)(C)C)C1. The second-order valence-corrected chi connectivity index (χ2v) is 6.91. The third-order valence-corrected chi connectivity index (χ3v) is 3.95. The lowest BCUT2D eigenvalue weighted by molar-refractivity contribution is -0.131. The van der Waals surface area contributed by atoms with E-state index in [-0.39, 0.29) is 36.3 Å². The molecule has 3 amide bonds. The average molecular weight is 343 g/mol. The highest BCUT2D eigenvalue weighted by Crippen LogP contribution is 2.22. The molecule has 134 valence electrons. The molecule has 9 heteroatoms. The molecule has 1 aromatic heterocycles. The lowest BCUT2D eigenvalue weighted by Gasteiger charge is -2.32. The Labute approximate surface area is 139 Å². The molecule has 24 heavy (non-hydrogen) atoms. The molecule has 0 aromatic carbocycles. The molecule has 2 heterocycles. The fourth-order valence-electron chi connectivity index (χ4n) is 2.67. The third kappa shape index (κ3) is 4.01. The molecule has 0 radical (unpaired) electrons. The maximum atomic E-state index is 12.8. The predicted octanol–water partition coefficient (Wildman–Crippen LogP) is 1.82. The van der Waals surface area contributed by atoms with Gasteiger partial charge in [0.2, 0.25) is 5.91 Å². The van der Waals surface area contributed by atoms with Gasteiger partial charge in [0.15, 0.2) is 0 Å². The zero-order chi connectivity index (χ0) is 18.1. The Bertz CT molecular complexity index is 611. The van der Waals surface area contributed by atoms with Crippen molar-refractivity contribution in [3.63, 3.8) is 0 Å². The molecule has 0 unspecified atom stereocenters. The summed E-state index contributed by atoms with van der Waals surface area (Å²) in [6.45, 7) is 3.49. The zero-order valence-electron chi connectivity index (χ0n) is 14.3. The van der Waals surface area contributed by atoms with Crippen molar-refractivity contribution in [2.45, 2.75) is 51.9 Å². The monoisotopic (exact) mass is 343 g/mol. The van der Waals surface area contributed by atoms with Gasteiger partial charge in [-0.05, 0) is 20.8 Å². The van der Waals surface area contributed by atoms with Crippen LogP contribution in [0.5, 0.6) is 0 Å². The van der Waals surface area contributed by atoms with Gasteiger partial charge in [-0.1, -0.05) is 0 Å². The molecule has 7 nitrogen and oxygen atoms in total. The van der Waals surface area contributed by atoms with Crippen molar-refractivity contribution in [2.24, 2.45) is 0 Å². The number of urea groups is 1. The molecular formula is C15H23F2N5O2. The van der Waals surface area contributed by atoms with Crippen LogP contribution in [0.4, 0.5) is 13.6 Å². The van der Waals surface area contributed by atoms with Crippen LogP contribution in [0.3, 0.4) is 0 Å². The van der Waals surface area contributed by atoms with E-state index in [4.69, 9.17) is 0 Å². The first-order valence-corrected chi connectivity index (χ1v) is 7.71. The van der Waals surface area contributed by atoms with Gasteiger partial charge in [0.25, 0.3) is 0 Å². The highest BCUT2D eigenvalue weighted by atomic mass is 19.3. The van der Waals surface area contributed by atoms with Crippen molar-refractivity contribution in [1.82, 2.24) is 24.7 Å². The summed E-state index contributed by atoms with van der Waals surface area (Å²) < 4.78 is 26.3. The molecule has 1 aliphatic rings. The van der Waals surface area contributed by atoms with Gasteiger partial charge in [-0.3, -0.25) is 9.36 Å². The normalized spacial score (nSPS) is 18.4. The van der Waals surface area contributed by atoms with Gasteiger partial charge >= 0.3 is 12.6 Å². The van der Waals surface area contributed by atoms with Crippen molar-refractivity contribution in [1.29, 1.82) is 0 Å². The molecule has 2 rings (SSSR count). The minimum Gasteiger partial charge on any atom is -0.336 e. The number of likely N-dealkylation sites (tertiary alicyclic amines) is 1. The van der Waals surface area contributed by atoms with Gasteiger partial charge in [0.05, 0.1) is 12.6 Å². The number of carbonyl (C=O) groups is 2. The molecular weight excluding hydrogens is 320 g/mol. The number of rotatable bonds is 4. The number of carbonyl (C=O) groups excluding carboxylic acids is 2. The van der Waals surface area contributed by atoms with E-state index in [0.29, 0.717) is 11.1 Å². The largest absolute Gasteiger partial charge is 0.336 e. The third-order valence-electron chi connectivity index (χ3n) is 3.95. The highest BCUT2D eigenvalue weighted by molar-refractivity contribution is 5.82. The number of halogens is 2. The van der Waals surface area contributed by atoms with Gasteiger partial charge in [-0.15, -0.1) is 0 Å². The van der Waals surface area contributed by atoms with Crippen LogP contribution in [0.2, 0.25) is 0 Å². The molecule has 1 aromatic rings. The van der Waals surface area contributed by atoms with Crippen LogP contribution in [0.1, 0.15) is 39.6 Å². The molecule has 1 aliphatic heterocycles. The molecule has 1 fully saturated rings. The molecule has 0 spiro atoms. The number of hydrogen-bond donors (Lipinski definition) is 1. The summed E-state index contributed by atoms with van der Waals surface area (Å²) in [6, 6.07) is -0.714. The van der Waals surface area contributed by atoms with Crippen LogP contribution in [-0.2, 0) is 11.3 Å². The quantitative estimate of drug-likeness (QED) is 0.906. The van der Waals surface area contributed by atoms with Crippen molar-refractivity contribution >= 4 is 11.9 Å². The molecule has 1 atom stereocenters. The Morgan fingerprint density at radius 1 is 1.50 bits per heavy atom. The van der Waals surface area contributed by atoms with Crippen LogP contribution in [0.15, 0.2) is 12.4 Å². The Hall–Kier alpha value is -2.19. The van der Waals surface area contributed by atoms with Crippen molar-refractivity contribution < 1.29 is 18.4 Å². The number of aromatic nitrogens is 2. The first kappa shape index (κ1) is 18.2. The van der Waals surface area contributed by atoms with Gasteiger partial charge in [-0.25, -0.2) is 9.78 Å². The van der Waals surface area contributed by atoms with E-state index in [2.05, 4.69) is 10.3 Å². The lowest BCUT2D eigenvalue weighted by Crippen LogP contribution is -2.47. The van der Waals surface area contributed by atoms with Crippen LogP contribution in [0.25, 0.3) is 0 Å². The van der Waals surface area contributed by atoms with Crippen LogP contribution in [0, 0.1) is 0 Å². The van der Waals surface area contributed by atoms with E-state index in [1.165, 1.54) is 24.3 Å². The molecule has 0 saturated carbocycles. The summed E-state index contributed by atoms with van der Waals surface area (Å²) in [5.41, 5.74) is -0.301. The fraction of sp³-hybridized carbons (Fsp3) is 0.667.